The van der Waals surface area contributed by atoms with Crippen molar-refractivity contribution in [3.8, 4) is 0 Å². The number of hydrogen-bond donors (Lipinski definition) is 0. The van der Waals surface area contributed by atoms with Gasteiger partial charge in [-0.1, -0.05) is 23.9 Å². The molecule has 0 N–H and O–H groups in total. The first-order chi connectivity index (χ1) is 11.1. The van der Waals surface area contributed by atoms with Crippen LogP contribution in [0.5, 0.6) is 0 Å². The fourth-order valence-corrected chi connectivity index (χ4v) is 3.06. The molecule has 23 heavy (non-hydrogen) atoms. The molecular weight excluding hydrogens is 326 g/mol. The van der Waals surface area contributed by atoms with Gasteiger partial charge in [0.25, 0.3) is 12.0 Å². The summed E-state index contributed by atoms with van der Waals surface area (Å²) in [5, 5.41) is 9.30. The number of aryl methyl sites for hydroxylation is 1. The van der Waals surface area contributed by atoms with E-state index in [1.54, 1.807) is 23.6 Å². The molecule has 9 heteroatoms. The van der Waals surface area contributed by atoms with E-state index in [0.29, 0.717) is 27.6 Å². The summed E-state index contributed by atoms with van der Waals surface area (Å²) < 4.78 is 32.1. The molecule has 0 saturated carbocycles. The van der Waals surface area contributed by atoms with Crippen LogP contribution in [0.3, 0.4) is 0 Å². The van der Waals surface area contributed by atoms with Crippen LogP contribution in [0.25, 0.3) is 16.7 Å². The maximum absolute atomic E-state index is 12.3. The number of aromatic nitrogens is 4. The van der Waals surface area contributed by atoms with E-state index < -0.39 is 13.0 Å². The Morgan fingerprint density at radius 3 is 2.87 bits per heavy atom. The third-order valence-electron chi connectivity index (χ3n) is 3.30. The normalized spacial score (nSPS) is 11.8. The Kier molecular flexibility index (Phi) is 4.58. The van der Waals surface area contributed by atoms with E-state index in [1.807, 2.05) is 12.1 Å². The van der Waals surface area contributed by atoms with Gasteiger partial charge in [-0.2, -0.15) is 0 Å². The van der Waals surface area contributed by atoms with E-state index in [-0.39, 0.29) is 12.2 Å². The van der Waals surface area contributed by atoms with E-state index in [0.717, 1.165) is 0 Å². The number of fused-ring (bicyclic) bond motifs is 3. The maximum Gasteiger partial charge on any atom is 0.262 e. The van der Waals surface area contributed by atoms with Crippen molar-refractivity contribution < 1.29 is 13.5 Å². The molecule has 3 rings (SSSR count). The van der Waals surface area contributed by atoms with Gasteiger partial charge in [0.15, 0.2) is 5.16 Å². The number of nitrogens with zero attached hydrogens (tertiary/aromatic N) is 4. The Morgan fingerprint density at radius 1 is 1.30 bits per heavy atom. The van der Waals surface area contributed by atoms with Crippen molar-refractivity contribution in [2.45, 2.75) is 11.6 Å². The minimum atomic E-state index is -2.47. The molecule has 0 aliphatic rings. The van der Waals surface area contributed by atoms with Gasteiger partial charge in [0, 0.05) is 12.8 Å². The Hall–Kier alpha value is -2.00. The second-order valence-electron chi connectivity index (χ2n) is 4.81. The number of para-hydroxylation sites is 1. The van der Waals surface area contributed by atoms with Crippen LogP contribution in [0.2, 0.25) is 0 Å². The lowest BCUT2D eigenvalue weighted by molar-refractivity contribution is 0.0237. The fraction of sp³-hybridized carbons (Fsp3) is 0.357. The molecule has 0 radical (unpaired) electrons. The lowest BCUT2D eigenvalue weighted by atomic mass is 10.2. The first-order valence-electron chi connectivity index (χ1n) is 6.91. The minimum absolute atomic E-state index is 0.141. The number of halogens is 2. The van der Waals surface area contributed by atoms with Gasteiger partial charge < -0.3 is 4.74 Å². The molecule has 0 unspecified atom stereocenters. The maximum atomic E-state index is 12.3. The number of ether oxygens (including phenoxy) is 1. The van der Waals surface area contributed by atoms with Gasteiger partial charge in [-0.3, -0.25) is 13.8 Å². The molecule has 6 nitrogen and oxygen atoms in total. The molecule has 0 fully saturated rings. The predicted octanol–water partition coefficient (Wildman–Crippen LogP) is 1.95. The zero-order valence-electron chi connectivity index (χ0n) is 12.3. The molecule has 2 heterocycles. The highest BCUT2D eigenvalue weighted by Crippen LogP contribution is 2.20. The summed E-state index contributed by atoms with van der Waals surface area (Å²) in [6, 6.07) is 7.20. The van der Waals surface area contributed by atoms with E-state index in [4.69, 9.17) is 4.74 Å². The highest BCUT2D eigenvalue weighted by molar-refractivity contribution is 7.99. The summed E-state index contributed by atoms with van der Waals surface area (Å²) in [7, 11) is 1.64. The average Bonchev–Trinajstić information content (AvgIpc) is 2.96. The second-order valence-corrected chi connectivity index (χ2v) is 5.88. The first kappa shape index (κ1) is 15.9. The molecule has 0 aliphatic carbocycles. The molecule has 0 amide bonds. The van der Waals surface area contributed by atoms with Crippen molar-refractivity contribution in [3.05, 3.63) is 34.6 Å². The molecule has 0 aliphatic heterocycles. The molecule has 0 spiro atoms. The van der Waals surface area contributed by atoms with Crippen LogP contribution in [0, 0.1) is 0 Å². The van der Waals surface area contributed by atoms with Crippen molar-refractivity contribution in [1.82, 2.24) is 19.2 Å². The van der Waals surface area contributed by atoms with Gasteiger partial charge in [-0.25, -0.2) is 8.78 Å². The quantitative estimate of drug-likeness (QED) is 0.507. The van der Waals surface area contributed by atoms with Crippen molar-refractivity contribution in [2.24, 2.45) is 7.05 Å². The van der Waals surface area contributed by atoms with Crippen LogP contribution >= 0.6 is 11.8 Å². The molecular formula is C14H14F2N4O2S. The summed E-state index contributed by atoms with van der Waals surface area (Å²) in [5.74, 6) is 0.898. The topological polar surface area (TPSA) is 61.4 Å². The lowest BCUT2D eigenvalue weighted by Crippen LogP contribution is -2.20. The Morgan fingerprint density at radius 2 is 2.09 bits per heavy atom. The van der Waals surface area contributed by atoms with Crippen LogP contribution in [0.1, 0.15) is 0 Å². The van der Waals surface area contributed by atoms with E-state index >= 15 is 0 Å². The van der Waals surface area contributed by atoms with Crippen LogP contribution in [0.4, 0.5) is 8.78 Å². The molecule has 122 valence electrons. The van der Waals surface area contributed by atoms with Gasteiger partial charge in [0.05, 0.1) is 17.5 Å². The Balaban J connectivity index is 1.92. The predicted molar refractivity (Wildman–Crippen MR) is 83.3 cm³/mol. The SMILES string of the molecule is Cn1c(=O)c2ccccc2n2c(SCCOCC(F)F)nnc12. The standard InChI is InChI=1S/C14H14F2N4O2S/c1-19-12(21)9-4-2-3-5-10(9)20-13(19)17-18-14(20)23-7-6-22-8-11(15)16/h2-5,11H,6-8H2,1H3. The van der Waals surface area contributed by atoms with E-state index in [2.05, 4.69) is 10.2 Å². The van der Waals surface area contributed by atoms with Crippen LogP contribution < -0.4 is 5.56 Å². The zero-order chi connectivity index (χ0) is 16.4. The van der Waals surface area contributed by atoms with E-state index in [9.17, 15) is 13.6 Å². The summed E-state index contributed by atoms with van der Waals surface area (Å²) in [5.41, 5.74) is 0.573. The Labute approximate surface area is 134 Å². The van der Waals surface area contributed by atoms with Crippen molar-refractivity contribution in [2.75, 3.05) is 19.0 Å². The minimum Gasteiger partial charge on any atom is -0.375 e. The van der Waals surface area contributed by atoms with Crippen molar-refractivity contribution in [3.63, 3.8) is 0 Å². The van der Waals surface area contributed by atoms with Gasteiger partial charge >= 0.3 is 0 Å². The lowest BCUT2D eigenvalue weighted by Gasteiger charge is -2.07. The number of alkyl halides is 2. The monoisotopic (exact) mass is 340 g/mol. The molecule has 2 aromatic heterocycles. The van der Waals surface area contributed by atoms with Crippen LogP contribution in [-0.4, -0.2) is 44.6 Å². The smallest absolute Gasteiger partial charge is 0.262 e. The van der Waals surface area contributed by atoms with Gasteiger partial charge in [-0.05, 0) is 12.1 Å². The summed E-state index contributed by atoms with van der Waals surface area (Å²) in [6.45, 7) is -0.383. The number of hydrogen-bond acceptors (Lipinski definition) is 5. The third kappa shape index (κ3) is 3.06. The second kappa shape index (κ2) is 6.63. The number of benzene rings is 1. The van der Waals surface area contributed by atoms with Gasteiger partial charge in [-0.15, -0.1) is 10.2 Å². The third-order valence-corrected chi connectivity index (χ3v) is 4.19. The van der Waals surface area contributed by atoms with Crippen molar-refractivity contribution >= 4 is 28.4 Å². The first-order valence-corrected chi connectivity index (χ1v) is 7.89. The van der Waals surface area contributed by atoms with Crippen molar-refractivity contribution in [1.29, 1.82) is 0 Å². The van der Waals surface area contributed by atoms with Gasteiger partial charge in [0.1, 0.15) is 6.61 Å². The number of thioether (sulfide) groups is 1. The van der Waals surface area contributed by atoms with Crippen LogP contribution in [-0.2, 0) is 11.8 Å². The summed E-state index contributed by atoms with van der Waals surface area (Å²) in [4.78, 5) is 12.3. The average molecular weight is 340 g/mol. The molecule has 0 saturated heterocycles. The highest BCUT2D eigenvalue weighted by Gasteiger charge is 2.14. The molecule has 3 aromatic rings. The Bertz CT molecular complexity index is 893. The molecule has 1 aromatic carbocycles. The summed E-state index contributed by atoms with van der Waals surface area (Å²) >= 11 is 1.34. The van der Waals surface area contributed by atoms with E-state index in [1.165, 1.54) is 16.3 Å². The molecule has 0 atom stereocenters. The largest absolute Gasteiger partial charge is 0.375 e. The number of rotatable bonds is 6. The highest BCUT2D eigenvalue weighted by atomic mass is 32.2. The van der Waals surface area contributed by atoms with Gasteiger partial charge in [0.2, 0.25) is 5.78 Å². The van der Waals surface area contributed by atoms with Crippen LogP contribution in [0.15, 0.2) is 34.2 Å². The fourth-order valence-electron chi connectivity index (χ4n) is 2.27. The zero-order valence-corrected chi connectivity index (χ0v) is 13.1. The molecule has 0 bridgehead atoms. The summed E-state index contributed by atoms with van der Waals surface area (Å²) in [6.07, 6.45) is -2.47.